The van der Waals surface area contributed by atoms with Crippen LogP contribution in [0.2, 0.25) is 0 Å². The lowest BCUT2D eigenvalue weighted by molar-refractivity contribution is 0.194. The molecule has 0 bridgehead atoms. The highest BCUT2D eigenvalue weighted by Crippen LogP contribution is 2.26. The fraction of sp³-hybridized carbons (Fsp3) is 0.250. The van der Waals surface area contributed by atoms with Gasteiger partial charge in [0.05, 0.1) is 6.10 Å². The molecule has 1 atom stereocenters. The van der Waals surface area contributed by atoms with Crippen molar-refractivity contribution < 1.29 is 9.50 Å². The van der Waals surface area contributed by atoms with Gasteiger partial charge in [0.15, 0.2) is 0 Å². The zero-order valence-electron chi connectivity index (χ0n) is 10.9. The summed E-state index contributed by atoms with van der Waals surface area (Å²) in [7, 11) is 0. The van der Waals surface area contributed by atoms with Crippen LogP contribution in [0, 0.1) is 19.7 Å². The second kappa shape index (κ2) is 4.91. The third-order valence-electron chi connectivity index (χ3n) is 3.29. The molecule has 2 aromatic rings. The van der Waals surface area contributed by atoms with Crippen LogP contribution in [0.15, 0.2) is 36.4 Å². The van der Waals surface area contributed by atoms with Gasteiger partial charge >= 0.3 is 0 Å². The number of hydrogen-bond acceptors (Lipinski definition) is 1. The van der Waals surface area contributed by atoms with Gasteiger partial charge in [-0.3, -0.25) is 0 Å². The molecule has 1 N–H and O–H groups in total. The Labute approximate surface area is 107 Å². The molecule has 18 heavy (non-hydrogen) atoms. The average molecular weight is 244 g/mol. The fourth-order valence-corrected chi connectivity index (χ4v) is 1.97. The first-order valence-corrected chi connectivity index (χ1v) is 6.04. The van der Waals surface area contributed by atoms with Crippen LogP contribution in [0.1, 0.15) is 29.7 Å². The van der Waals surface area contributed by atoms with Crippen molar-refractivity contribution in [1.29, 1.82) is 0 Å². The maximum Gasteiger partial charge on any atom is 0.129 e. The van der Waals surface area contributed by atoms with Crippen LogP contribution in [-0.4, -0.2) is 5.11 Å². The summed E-state index contributed by atoms with van der Waals surface area (Å²) < 4.78 is 13.8. The van der Waals surface area contributed by atoms with Gasteiger partial charge in [-0.25, -0.2) is 4.39 Å². The van der Waals surface area contributed by atoms with Crippen molar-refractivity contribution >= 4 is 0 Å². The molecule has 0 unspecified atom stereocenters. The van der Waals surface area contributed by atoms with Crippen LogP contribution >= 0.6 is 0 Å². The van der Waals surface area contributed by atoms with Gasteiger partial charge in [0.1, 0.15) is 5.82 Å². The number of hydrogen-bond donors (Lipinski definition) is 1. The van der Waals surface area contributed by atoms with E-state index in [1.165, 1.54) is 17.2 Å². The standard InChI is InChI=1S/C16H17FO/c1-10-4-5-13(8-11(10)2)14-6-7-15(12(3)18)16(17)9-14/h4-9,12,18H,1-3H3/t12-/m1/s1. The first-order chi connectivity index (χ1) is 8.49. The van der Waals surface area contributed by atoms with Gasteiger partial charge in [-0.15, -0.1) is 0 Å². The summed E-state index contributed by atoms with van der Waals surface area (Å²) in [5.41, 5.74) is 4.57. The van der Waals surface area contributed by atoms with Crippen molar-refractivity contribution in [2.45, 2.75) is 26.9 Å². The molecule has 0 saturated heterocycles. The number of aliphatic hydroxyl groups is 1. The number of aliphatic hydroxyl groups excluding tert-OH is 1. The van der Waals surface area contributed by atoms with Crippen molar-refractivity contribution in [2.24, 2.45) is 0 Å². The molecular weight excluding hydrogens is 227 g/mol. The van der Waals surface area contributed by atoms with E-state index in [0.29, 0.717) is 5.56 Å². The molecule has 0 amide bonds. The van der Waals surface area contributed by atoms with E-state index in [1.807, 2.05) is 31.2 Å². The third kappa shape index (κ3) is 2.44. The van der Waals surface area contributed by atoms with Crippen molar-refractivity contribution in [3.05, 3.63) is 58.9 Å². The minimum Gasteiger partial charge on any atom is -0.389 e. The van der Waals surface area contributed by atoms with Crippen LogP contribution in [0.3, 0.4) is 0 Å². The molecule has 2 aromatic carbocycles. The predicted molar refractivity (Wildman–Crippen MR) is 71.9 cm³/mol. The molecule has 0 aliphatic carbocycles. The van der Waals surface area contributed by atoms with Gasteiger partial charge in [-0.1, -0.05) is 30.3 Å². The molecule has 1 nitrogen and oxygen atoms in total. The second-order valence-electron chi connectivity index (χ2n) is 4.71. The number of halogens is 1. The van der Waals surface area contributed by atoms with Gasteiger partial charge in [0, 0.05) is 5.56 Å². The first-order valence-electron chi connectivity index (χ1n) is 6.04. The van der Waals surface area contributed by atoms with E-state index in [9.17, 15) is 9.50 Å². The van der Waals surface area contributed by atoms with Gasteiger partial charge in [-0.2, -0.15) is 0 Å². The summed E-state index contributed by atoms with van der Waals surface area (Å²) in [5, 5.41) is 9.41. The fourth-order valence-electron chi connectivity index (χ4n) is 1.97. The first kappa shape index (κ1) is 12.8. The Morgan fingerprint density at radius 2 is 1.56 bits per heavy atom. The van der Waals surface area contributed by atoms with Gasteiger partial charge in [0.2, 0.25) is 0 Å². The van der Waals surface area contributed by atoms with Crippen molar-refractivity contribution in [1.82, 2.24) is 0 Å². The van der Waals surface area contributed by atoms with Crippen molar-refractivity contribution in [2.75, 3.05) is 0 Å². The minimum atomic E-state index is -0.779. The highest BCUT2D eigenvalue weighted by molar-refractivity contribution is 5.65. The highest BCUT2D eigenvalue weighted by Gasteiger charge is 2.09. The maximum absolute atomic E-state index is 13.8. The molecule has 0 saturated carbocycles. The monoisotopic (exact) mass is 244 g/mol. The number of aryl methyl sites for hydroxylation is 2. The summed E-state index contributed by atoms with van der Waals surface area (Å²) in [5.74, 6) is -0.360. The van der Waals surface area contributed by atoms with Crippen LogP contribution in [0.5, 0.6) is 0 Å². The Hall–Kier alpha value is -1.67. The number of rotatable bonds is 2. The van der Waals surface area contributed by atoms with E-state index in [0.717, 1.165) is 11.1 Å². The topological polar surface area (TPSA) is 20.2 Å². The van der Waals surface area contributed by atoms with Crippen LogP contribution in [0.4, 0.5) is 4.39 Å². The quantitative estimate of drug-likeness (QED) is 0.840. The molecule has 0 heterocycles. The molecule has 0 fully saturated rings. The Morgan fingerprint density at radius 3 is 2.11 bits per heavy atom. The second-order valence-corrected chi connectivity index (χ2v) is 4.71. The molecule has 0 spiro atoms. The van der Waals surface area contributed by atoms with Gasteiger partial charge in [-0.05, 0) is 49.1 Å². The van der Waals surface area contributed by atoms with Crippen LogP contribution in [-0.2, 0) is 0 Å². The lowest BCUT2D eigenvalue weighted by Crippen LogP contribution is -1.96. The van der Waals surface area contributed by atoms with Crippen molar-refractivity contribution in [3.8, 4) is 11.1 Å². The van der Waals surface area contributed by atoms with E-state index in [2.05, 4.69) is 6.92 Å². The molecule has 0 aromatic heterocycles. The Balaban J connectivity index is 2.45. The summed E-state index contributed by atoms with van der Waals surface area (Å²) in [6.45, 7) is 5.66. The molecule has 0 aliphatic rings. The summed E-state index contributed by atoms with van der Waals surface area (Å²) >= 11 is 0. The molecular formula is C16H17FO. The van der Waals surface area contributed by atoms with Gasteiger partial charge in [0.25, 0.3) is 0 Å². The summed E-state index contributed by atoms with van der Waals surface area (Å²) in [6, 6.07) is 11.0. The van der Waals surface area contributed by atoms with E-state index in [4.69, 9.17) is 0 Å². The average Bonchev–Trinajstić information content (AvgIpc) is 2.32. The Morgan fingerprint density at radius 1 is 0.944 bits per heavy atom. The van der Waals surface area contributed by atoms with E-state index in [-0.39, 0.29) is 5.82 Å². The SMILES string of the molecule is Cc1ccc(-c2ccc([C@@H](C)O)c(F)c2)cc1C. The lowest BCUT2D eigenvalue weighted by atomic mass is 9.98. The lowest BCUT2D eigenvalue weighted by Gasteiger charge is -2.10. The predicted octanol–water partition coefficient (Wildman–Crippen LogP) is 4.16. The zero-order valence-corrected chi connectivity index (χ0v) is 10.9. The molecule has 0 aliphatic heterocycles. The molecule has 0 radical (unpaired) electrons. The van der Waals surface area contributed by atoms with Gasteiger partial charge < -0.3 is 5.11 Å². The molecule has 2 rings (SSSR count). The third-order valence-corrected chi connectivity index (χ3v) is 3.29. The molecule has 2 heteroatoms. The Kier molecular flexibility index (Phi) is 3.48. The van der Waals surface area contributed by atoms with Crippen LogP contribution < -0.4 is 0 Å². The maximum atomic E-state index is 13.8. The normalized spacial score (nSPS) is 12.5. The minimum absolute atomic E-state index is 0.336. The summed E-state index contributed by atoms with van der Waals surface area (Å²) in [4.78, 5) is 0. The van der Waals surface area contributed by atoms with Crippen LogP contribution in [0.25, 0.3) is 11.1 Å². The molecule has 94 valence electrons. The van der Waals surface area contributed by atoms with E-state index < -0.39 is 6.10 Å². The Bertz CT molecular complexity index is 573. The van der Waals surface area contributed by atoms with E-state index in [1.54, 1.807) is 13.0 Å². The smallest absolute Gasteiger partial charge is 0.129 e. The van der Waals surface area contributed by atoms with Crippen molar-refractivity contribution in [3.63, 3.8) is 0 Å². The number of benzene rings is 2. The largest absolute Gasteiger partial charge is 0.389 e. The summed E-state index contributed by atoms with van der Waals surface area (Å²) in [6.07, 6.45) is -0.779. The van der Waals surface area contributed by atoms with E-state index >= 15 is 0 Å². The highest BCUT2D eigenvalue weighted by atomic mass is 19.1. The zero-order chi connectivity index (χ0) is 13.3.